The molecule has 0 spiro atoms. The van der Waals surface area contributed by atoms with Crippen LogP contribution in [-0.2, 0) is 14.8 Å². The summed E-state index contributed by atoms with van der Waals surface area (Å²) in [6.07, 6.45) is 0.805. The highest BCUT2D eigenvalue weighted by molar-refractivity contribution is 7.89. The predicted molar refractivity (Wildman–Crippen MR) is 96.5 cm³/mol. The Morgan fingerprint density at radius 3 is 2.64 bits per heavy atom. The van der Waals surface area contributed by atoms with Crippen LogP contribution in [0.1, 0.15) is 16.8 Å². The third-order valence-corrected chi connectivity index (χ3v) is 6.14. The van der Waals surface area contributed by atoms with Gasteiger partial charge in [-0.3, -0.25) is 9.69 Å². The van der Waals surface area contributed by atoms with Crippen molar-refractivity contribution in [1.29, 1.82) is 0 Å². The molecule has 9 heteroatoms. The summed E-state index contributed by atoms with van der Waals surface area (Å²) in [5.41, 5.74) is 0.163. The van der Waals surface area contributed by atoms with Crippen molar-refractivity contribution in [2.24, 2.45) is 0 Å². The van der Waals surface area contributed by atoms with Crippen LogP contribution in [0, 0.1) is 0 Å². The van der Waals surface area contributed by atoms with Crippen LogP contribution in [0.15, 0.2) is 23.1 Å². The third-order valence-electron chi connectivity index (χ3n) is 4.00. The average molecular weight is 390 g/mol. The van der Waals surface area contributed by atoms with Crippen LogP contribution in [0.2, 0.25) is 5.02 Å². The lowest BCUT2D eigenvalue weighted by atomic mass is 10.2. The van der Waals surface area contributed by atoms with Gasteiger partial charge in [-0.25, -0.2) is 12.7 Å². The molecule has 2 rings (SSSR count). The number of nitrogens with one attached hydrogen (secondary N) is 1. The molecule has 1 saturated heterocycles. The normalized spacial score (nSPS) is 16.2. The topological polar surface area (TPSA) is 79.0 Å². The Labute approximate surface area is 153 Å². The number of carbonyl (C=O) groups is 1. The molecule has 1 amide bonds. The molecule has 1 fully saturated rings. The van der Waals surface area contributed by atoms with Gasteiger partial charge in [0.1, 0.15) is 0 Å². The summed E-state index contributed by atoms with van der Waals surface area (Å²) in [5, 5.41) is 3.02. The molecule has 0 aromatic heterocycles. The molecule has 0 bridgehead atoms. The van der Waals surface area contributed by atoms with E-state index in [1.165, 1.54) is 32.3 Å². The van der Waals surface area contributed by atoms with Crippen molar-refractivity contribution in [3.05, 3.63) is 28.8 Å². The summed E-state index contributed by atoms with van der Waals surface area (Å²) in [6, 6.07) is 4.14. The Hall–Kier alpha value is -1.19. The van der Waals surface area contributed by atoms with Crippen LogP contribution >= 0.6 is 11.6 Å². The highest BCUT2D eigenvalue weighted by atomic mass is 35.5. The fraction of sp³-hybridized carbons (Fsp3) is 0.562. The largest absolute Gasteiger partial charge is 0.379 e. The second kappa shape index (κ2) is 8.95. The molecule has 0 saturated carbocycles. The van der Waals surface area contributed by atoms with Crippen LogP contribution in [-0.4, -0.2) is 77.0 Å². The van der Waals surface area contributed by atoms with Crippen LogP contribution in [0.25, 0.3) is 0 Å². The molecule has 0 unspecified atom stereocenters. The van der Waals surface area contributed by atoms with Gasteiger partial charge in [-0.15, -0.1) is 0 Å². The van der Waals surface area contributed by atoms with E-state index >= 15 is 0 Å². The van der Waals surface area contributed by atoms with Gasteiger partial charge in [-0.05, 0) is 31.2 Å². The van der Waals surface area contributed by atoms with Crippen LogP contribution < -0.4 is 5.32 Å². The molecular weight excluding hydrogens is 366 g/mol. The van der Waals surface area contributed by atoms with E-state index in [0.717, 1.165) is 43.6 Å². The number of morpholine rings is 1. The zero-order valence-electron chi connectivity index (χ0n) is 14.5. The average Bonchev–Trinajstić information content (AvgIpc) is 2.59. The SMILES string of the molecule is CN(C)S(=O)(=O)c1ccc(Cl)c(C(=O)NCCCN2CCOCC2)c1. The zero-order chi connectivity index (χ0) is 18.4. The smallest absolute Gasteiger partial charge is 0.252 e. The summed E-state index contributed by atoms with van der Waals surface area (Å²) < 4.78 is 30.8. The van der Waals surface area contributed by atoms with E-state index in [9.17, 15) is 13.2 Å². The maximum absolute atomic E-state index is 12.3. The summed E-state index contributed by atoms with van der Waals surface area (Å²) in [5.74, 6) is -0.372. The molecule has 25 heavy (non-hydrogen) atoms. The summed E-state index contributed by atoms with van der Waals surface area (Å²) >= 11 is 6.06. The van der Waals surface area contributed by atoms with Gasteiger partial charge < -0.3 is 10.1 Å². The quantitative estimate of drug-likeness (QED) is 0.705. The Morgan fingerprint density at radius 1 is 1.32 bits per heavy atom. The van der Waals surface area contributed by atoms with Crippen molar-refractivity contribution in [2.75, 3.05) is 53.5 Å². The Balaban J connectivity index is 1.94. The van der Waals surface area contributed by atoms with Crippen molar-refractivity contribution < 1.29 is 17.9 Å². The lowest BCUT2D eigenvalue weighted by molar-refractivity contribution is 0.0374. The monoisotopic (exact) mass is 389 g/mol. The molecule has 1 heterocycles. The van der Waals surface area contributed by atoms with Crippen molar-refractivity contribution in [3.8, 4) is 0 Å². The van der Waals surface area contributed by atoms with Gasteiger partial charge in [0.25, 0.3) is 5.91 Å². The van der Waals surface area contributed by atoms with E-state index in [2.05, 4.69) is 10.2 Å². The molecule has 0 atom stereocenters. The van der Waals surface area contributed by atoms with Gasteiger partial charge in [0.2, 0.25) is 10.0 Å². The Morgan fingerprint density at radius 2 is 2.00 bits per heavy atom. The minimum absolute atomic E-state index is 0.0420. The van der Waals surface area contributed by atoms with Gasteiger partial charge in [0, 0.05) is 33.7 Å². The number of amides is 1. The molecule has 1 aromatic carbocycles. The lowest BCUT2D eigenvalue weighted by Gasteiger charge is -2.26. The number of halogens is 1. The highest BCUT2D eigenvalue weighted by Gasteiger charge is 2.20. The second-order valence-corrected chi connectivity index (χ2v) is 8.55. The lowest BCUT2D eigenvalue weighted by Crippen LogP contribution is -2.38. The molecule has 140 valence electrons. The number of benzene rings is 1. The molecule has 7 nitrogen and oxygen atoms in total. The van der Waals surface area contributed by atoms with Gasteiger partial charge in [-0.2, -0.15) is 0 Å². The fourth-order valence-corrected chi connectivity index (χ4v) is 3.61. The molecule has 1 N–H and O–H groups in total. The zero-order valence-corrected chi connectivity index (χ0v) is 16.1. The van der Waals surface area contributed by atoms with Crippen molar-refractivity contribution >= 4 is 27.5 Å². The van der Waals surface area contributed by atoms with Gasteiger partial charge in [0.05, 0.1) is 28.7 Å². The molecule has 0 aliphatic carbocycles. The maximum Gasteiger partial charge on any atom is 0.252 e. The van der Waals surface area contributed by atoms with E-state index in [1.807, 2.05) is 0 Å². The summed E-state index contributed by atoms with van der Waals surface area (Å²) in [4.78, 5) is 14.7. The molecule has 1 aliphatic rings. The van der Waals surface area contributed by atoms with Gasteiger partial charge in [0.15, 0.2) is 0 Å². The number of hydrogen-bond donors (Lipinski definition) is 1. The third kappa shape index (κ3) is 5.39. The number of nitrogens with zero attached hydrogens (tertiary/aromatic N) is 2. The van der Waals surface area contributed by atoms with Crippen LogP contribution in [0.4, 0.5) is 0 Å². The van der Waals surface area contributed by atoms with E-state index < -0.39 is 10.0 Å². The van der Waals surface area contributed by atoms with Crippen molar-refractivity contribution in [1.82, 2.24) is 14.5 Å². The standard InChI is InChI=1S/C16H24ClN3O4S/c1-19(2)25(22,23)13-4-5-15(17)14(12-13)16(21)18-6-3-7-20-8-10-24-11-9-20/h4-5,12H,3,6-11H2,1-2H3,(H,18,21). The van der Waals surface area contributed by atoms with Crippen LogP contribution in [0.5, 0.6) is 0 Å². The van der Waals surface area contributed by atoms with E-state index in [1.54, 1.807) is 0 Å². The fourth-order valence-electron chi connectivity index (χ4n) is 2.47. The number of rotatable bonds is 7. The first-order valence-electron chi connectivity index (χ1n) is 8.13. The number of carbonyl (C=O) groups excluding carboxylic acids is 1. The first-order valence-corrected chi connectivity index (χ1v) is 9.94. The Bertz CT molecular complexity index is 703. The van der Waals surface area contributed by atoms with E-state index in [0.29, 0.717) is 6.54 Å². The van der Waals surface area contributed by atoms with Gasteiger partial charge >= 0.3 is 0 Å². The number of hydrogen-bond acceptors (Lipinski definition) is 5. The maximum atomic E-state index is 12.3. The summed E-state index contributed by atoms with van der Waals surface area (Å²) in [7, 11) is -0.734. The predicted octanol–water partition coefficient (Wildman–Crippen LogP) is 1.04. The van der Waals surface area contributed by atoms with Crippen molar-refractivity contribution in [2.45, 2.75) is 11.3 Å². The minimum Gasteiger partial charge on any atom is -0.379 e. The summed E-state index contributed by atoms with van der Waals surface area (Å²) in [6.45, 7) is 4.68. The molecule has 0 radical (unpaired) electrons. The first kappa shape index (κ1) is 20.1. The highest BCUT2D eigenvalue weighted by Crippen LogP contribution is 2.22. The minimum atomic E-state index is -3.61. The van der Waals surface area contributed by atoms with Crippen molar-refractivity contribution in [3.63, 3.8) is 0 Å². The molecule has 1 aromatic rings. The first-order chi connectivity index (χ1) is 11.8. The number of ether oxygens (including phenoxy) is 1. The van der Waals surface area contributed by atoms with Gasteiger partial charge in [-0.1, -0.05) is 11.6 Å². The number of sulfonamides is 1. The van der Waals surface area contributed by atoms with E-state index in [4.69, 9.17) is 16.3 Å². The Kier molecular flexibility index (Phi) is 7.21. The molecular formula is C16H24ClN3O4S. The van der Waals surface area contributed by atoms with E-state index in [-0.39, 0.29) is 21.4 Å². The molecule has 1 aliphatic heterocycles. The van der Waals surface area contributed by atoms with Crippen LogP contribution in [0.3, 0.4) is 0 Å². The second-order valence-electron chi connectivity index (χ2n) is 5.99.